The molecule has 6 aromatic rings. The summed E-state index contributed by atoms with van der Waals surface area (Å²) in [5.74, 6) is 12.5. The van der Waals surface area contributed by atoms with Crippen molar-refractivity contribution in [1.82, 2.24) is 44.7 Å². The van der Waals surface area contributed by atoms with Gasteiger partial charge >= 0.3 is 0 Å². The Morgan fingerprint density at radius 1 is 0.696 bits per heavy atom. The standard InChI is InChI=1S/C16H15N5O2S.C16H13N5O/c22-24(23)17-12-14-8-5-7-13(18-14)6-3-4-11-21-19-15-9-1-2-10-16(15)20-21;22-12-17-16-10-5-7-13(18-16)6-3-4-11-21-19-14-8-1-2-9-15(14)20-21/h1-2,5,7-10,17H,4,11-12H2,(H,22,23);1-2,5,7-10,12H,4,11H2,(H,17,18,22)/p-1. The summed E-state index contributed by atoms with van der Waals surface area (Å²) in [4.78, 5) is 22.1. The van der Waals surface area contributed by atoms with Crippen LogP contribution in [-0.2, 0) is 35.7 Å². The number of rotatable bonds is 9. The van der Waals surface area contributed by atoms with Crippen LogP contribution in [0.15, 0.2) is 84.9 Å². The Labute approximate surface area is 266 Å². The minimum absolute atomic E-state index is 0.148. The second-order valence-electron chi connectivity index (χ2n) is 9.41. The van der Waals surface area contributed by atoms with Gasteiger partial charge in [-0.2, -0.15) is 30.0 Å². The number of anilines is 1. The molecule has 0 fully saturated rings. The molecule has 2 aromatic carbocycles. The Morgan fingerprint density at radius 3 is 1.70 bits per heavy atom. The lowest BCUT2D eigenvalue weighted by Crippen LogP contribution is -2.16. The molecule has 1 atom stereocenters. The van der Waals surface area contributed by atoms with Gasteiger partial charge in [0.1, 0.15) is 39.3 Å². The van der Waals surface area contributed by atoms with Crippen LogP contribution in [0.5, 0.6) is 0 Å². The molecule has 0 saturated heterocycles. The molecule has 0 aliphatic heterocycles. The normalized spacial score (nSPS) is 11.0. The van der Waals surface area contributed by atoms with E-state index in [4.69, 9.17) is 0 Å². The van der Waals surface area contributed by atoms with E-state index in [-0.39, 0.29) is 6.54 Å². The van der Waals surface area contributed by atoms with Gasteiger partial charge in [-0.1, -0.05) is 48.2 Å². The van der Waals surface area contributed by atoms with Crippen LogP contribution >= 0.6 is 0 Å². The molecule has 0 spiro atoms. The van der Waals surface area contributed by atoms with E-state index in [1.807, 2.05) is 48.5 Å². The first-order valence-corrected chi connectivity index (χ1v) is 15.2. The summed E-state index contributed by atoms with van der Waals surface area (Å²) in [7, 11) is 0. The maximum atomic E-state index is 10.5. The maximum Gasteiger partial charge on any atom is 0.212 e. The highest BCUT2D eigenvalue weighted by Crippen LogP contribution is 2.08. The fourth-order valence-electron chi connectivity index (χ4n) is 4.05. The molecule has 1 unspecified atom stereocenters. The summed E-state index contributed by atoms with van der Waals surface area (Å²) in [5, 5.41) is 20.0. The quantitative estimate of drug-likeness (QED) is 0.138. The second kappa shape index (κ2) is 16.3. The van der Waals surface area contributed by atoms with Crippen molar-refractivity contribution in [1.29, 1.82) is 0 Å². The summed E-state index contributed by atoms with van der Waals surface area (Å²) < 4.78 is 23.3. The summed E-state index contributed by atoms with van der Waals surface area (Å²) in [6, 6.07) is 26.0. The van der Waals surface area contributed by atoms with Crippen molar-refractivity contribution in [2.24, 2.45) is 0 Å². The third-order valence-corrected chi connectivity index (χ3v) is 6.48. The Hall–Kier alpha value is -5.80. The van der Waals surface area contributed by atoms with Crippen LogP contribution < -0.4 is 10.0 Å². The average Bonchev–Trinajstić information content (AvgIpc) is 3.69. The summed E-state index contributed by atoms with van der Waals surface area (Å²) in [6.07, 6.45) is 1.80. The number of aryl methyl sites for hydroxylation is 2. The zero-order valence-corrected chi connectivity index (χ0v) is 25.2. The van der Waals surface area contributed by atoms with Gasteiger partial charge in [-0.25, -0.2) is 14.7 Å². The van der Waals surface area contributed by atoms with Crippen LogP contribution in [-0.4, -0.2) is 55.1 Å². The molecule has 1 amide bonds. The van der Waals surface area contributed by atoms with E-state index in [1.54, 1.807) is 46.0 Å². The molecule has 0 aliphatic carbocycles. The van der Waals surface area contributed by atoms with Gasteiger partial charge in [-0.15, -0.1) is 0 Å². The van der Waals surface area contributed by atoms with Crippen LogP contribution in [0.4, 0.5) is 5.82 Å². The van der Waals surface area contributed by atoms with E-state index >= 15 is 0 Å². The SMILES string of the molecule is O=CNc1cccc(C#CCCn2nc3ccccc3n2)n1.O=S([O-])NCc1cccc(C#CCCn2nc3ccccc3n2)n1. The molecular formula is C32H27N10O3S-. The van der Waals surface area contributed by atoms with E-state index in [1.165, 1.54) is 0 Å². The van der Waals surface area contributed by atoms with Crippen molar-refractivity contribution in [2.75, 3.05) is 5.32 Å². The number of carbonyl (C=O) groups is 1. The number of hydrogen-bond donors (Lipinski definition) is 2. The third-order valence-electron chi connectivity index (χ3n) is 6.10. The molecule has 0 saturated carbocycles. The first kappa shape index (κ1) is 31.6. The second-order valence-corrected chi connectivity index (χ2v) is 10.2. The zero-order valence-electron chi connectivity index (χ0n) is 24.4. The Kier molecular flexibility index (Phi) is 11.2. The highest BCUT2D eigenvalue weighted by atomic mass is 32.2. The van der Waals surface area contributed by atoms with Crippen molar-refractivity contribution in [3.8, 4) is 23.7 Å². The minimum Gasteiger partial charge on any atom is -0.760 e. The fourth-order valence-corrected chi connectivity index (χ4v) is 4.32. The smallest absolute Gasteiger partial charge is 0.212 e. The predicted molar refractivity (Wildman–Crippen MR) is 172 cm³/mol. The largest absolute Gasteiger partial charge is 0.760 e. The molecule has 6 rings (SSSR count). The monoisotopic (exact) mass is 631 g/mol. The molecule has 14 heteroatoms. The van der Waals surface area contributed by atoms with Gasteiger partial charge < -0.3 is 9.87 Å². The van der Waals surface area contributed by atoms with Crippen LogP contribution in [0.1, 0.15) is 29.9 Å². The lowest BCUT2D eigenvalue weighted by Gasteiger charge is -2.06. The minimum atomic E-state index is -2.30. The maximum absolute atomic E-state index is 10.5. The lowest BCUT2D eigenvalue weighted by molar-refractivity contribution is -0.105. The van der Waals surface area contributed by atoms with Crippen LogP contribution in [0, 0.1) is 23.7 Å². The number of fused-ring (bicyclic) bond motifs is 2. The number of hydrogen-bond acceptors (Lipinski definition) is 9. The molecule has 230 valence electrons. The average molecular weight is 632 g/mol. The van der Waals surface area contributed by atoms with E-state index in [9.17, 15) is 13.6 Å². The molecule has 0 aliphatic rings. The van der Waals surface area contributed by atoms with Crippen molar-refractivity contribution in [3.05, 3.63) is 102 Å². The molecule has 0 radical (unpaired) electrons. The topological polar surface area (TPSA) is 168 Å². The van der Waals surface area contributed by atoms with Crippen molar-refractivity contribution in [2.45, 2.75) is 32.5 Å². The molecule has 4 aromatic heterocycles. The highest BCUT2D eigenvalue weighted by Gasteiger charge is 2.01. The molecule has 0 bridgehead atoms. The van der Waals surface area contributed by atoms with Crippen molar-refractivity contribution < 1.29 is 13.6 Å². The molecule has 2 N–H and O–H groups in total. The van der Waals surface area contributed by atoms with E-state index < -0.39 is 11.3 Å². The number of amides is 1. The predicted octanol–water partition coefficient (Wildman–Crippen LogP) is 2.99. The van der Waals surface area contributed by atoms with E-state index in [0.717, 1.165) is 22.1 Å². The Morgan fingerprint density at radius 2 is 1.20 bits per heavy atom. The lowest BCUT2D eigenvalue weighted by atomic mass is 10.3. The number of nitrogens with zero attached hydrogens (tertiary/aromatic N) is 8. The summed E-state index contributed by atoms with van der Waals surface area (Å²) >= 11 is -2.30. The molecule has 4 heterocycles. The van der Waals surface area contributed by atoms with Crippen LogP contribution in [0.3, 0.4) is 0 Å². The number of aromatic nitrogens is 8. The van der Waals surface area contributed by atoms with Gasteiger partial charge in [0.05, 0.1) is 18.8 Å². The number of carbonyl (C=O) groups excluding carboxylic acids is 1. The molecule has 13 nitrogen and oxygen atoms in total. The molecule has 46 heavy (non-hydrogen) atoms. The van der Waals surface area contributed by atoms with Crippen molar-refractivity contribution >= 4 is 45.6 Å². The van der Waals surface area contributed by atoms with E-state index in [2.05, 4.69) is 64.1 Å². The van der Waals surface area contributed by atoms with Gasteiger partial charge in [0.2, 0.25) is 6.41 Å². The summed E-state index contributed by atoms with van der Waals surface area (Å²) in [6.45, 7) is 1.36. The summed E-state index contributed by atoms with van der Waals surface area (Å²) in [5.41, 5.74) is 5.32. The number of benzene rings is 2. The zero-order chi connectivity index (χ0) is 32.0. The van der Waals surface area contributed by atoms with Gasteiger partial charge in [0, 0.05) is 30.7 Å². The highest BCUT2D eigenvalue weighted by molar-refractivity contribution is 7.77. The van der Waals surface area contributed by atoms with Gasteiger partial charge in [-0.3, -0.25) is 9.00 Å². The van der Waals surface area contributed by atoms with Crippen LogP contribution in [0.25, 0.3) is 22.1 Å². The fraction of sp³-hybridized carbons (Fsp3) is 0.156. The number of pyridine rings is 2. The van der Waals surface area contributed by atoms with E-state index in [0.29, 0.717) is 55.2 Å². The van der Waals surface area contributed by atoms with Gasteiger partial charge in [0.15, 0.2) is 0 Å². The van der Waals surface area contributed by atoms with Crippen molar-refractivity contribution in [3.63, 3.8) is 0 Å². The Balaban J connectivity index is 0.000000182. The first-order chi connectivity index (χ1) is 22.6. The molecular weight excluding hydrogens is 604 g/mol. The van der Waals surface area contributed by atoms with Gasteiger partial charge in [-0.05, 0) is 60.4 Å². The number of nitrogens with one attached hydrogen (secondary N) is 2. The third kappa shape index (κ3) is 9.60. The first-order valence-electron chi connectivity index (χ1n) is 14.1. The Bertz CT molecular complexity index is 2020. The van der Waals surface area contributed by atoms with Crippen LogP contribution in [0.2, 0.25) is 0 Å². The van der Waals surface area contributed by atoms with Gasteiger partial charge in [0.25, 0.3) is 0 Å².